The summed E-state index contributed by atoms with van der Waals surface area (Å²) >= 11 is 0. The topological polar surface area (TPSA) is 8.17 Å². The van der Waals surface area contributed by atoms with Crippen molar-refractivity contribution in [3.05, 3.63) is 246 Å². The third-order valence-electron chi connectivity index (χ3n) is 13.0. The maximum absolute atomic E-state index is 4.17. The zero-order valence-electron chi connectivity index (χ0n) is 32.7. The number of allylic oxidation sites excluding steroid dienone is 9. The molecule has 1 aromatic heterocycles. The van der Waals surface area contributed by atoms with Gasteiger partial charge in [-0.2, -0.15) is 0 Å². The molecule has 11 rings (SSSR count). The van der Waals surface area contributed by atoms with Crippen molar-refractivity contribution in [1.29, 1.82) is 0 Å². The summed E-state index contributed by atoms with van der Waals surface area (Å²) in [5, 5.41) is 2.53. The van der Waals surface area contributed by atoms with Gasteiger partial charge in [0.2, 0.25) is 0 Å². The number of benzene rings is 6. The predicted octanol–water partition coefficient (Wildman–Crippen LogP) is 13.6. The second-order valence-corrected chi connectivity index (χ2v) is 16.0. The molecule has 2 nitrogen and oxygen atoms in total. The van der Waals surface area contributed by atoms with Gasteiger partial charge < -0.3 is 9.47 Å². The van der Waals surface area contributed by atoms with Gasteiger partial charge in [-0.05, 0) is 106 Å². The Morgan fingerprint density at radius 1 is 0.672 bits per heavy atom. The minimum atomic E-state index is -0.314. The van der Waals surface area contributed by atoms with Crippen molar-refractivity contribution in [3.63, 3.8) is 0 Å². The molecular formula is C56H44N2. The molecule has 0 saturated heterocycles. The molecule has 58 heavy (non-hydrogen) atoms. The molecule has 4 aliphatic rings. The van der Waals surface area contributed by atoms with Gasteiger partial charge in [0.15, 0.2) is 0 Å². The van der Waals surface area contributed by atoms with Gasteiger partial charge in [-0.3, -0.25) is 0 Å². The lowest BCUT2D eigenvalue weighted by atomic mass is 9.69. The smallest absolute Gasteiger partial charge is 0.0722 e. The summed E-state index contributed by atoms with van der Waals surface area (Å²) in [6, 6.07) is 54.2. The van der Waals surface area contributed by atoms with Crippen molar-refractivity contribution in [1.82, 2.24) is 9.47 Å². The lowest BCUT2D eigenvalue weighted by molar-refractivity contribution is 0.247. The average molecular weight is 745 g/mol. The molecule has 1 heterocycles. The van der Waals surface area contributed by atoms with Crippen LogP contribution in [0.25, 0.3) is 49.8 Å². The summed E-state index contributed by atoms with van der Waals surface area (Å²) < 4.78 is 2.40. The van der Waals surface area contributed by atoms with E-state index < -0.39 is 0 Å². The third kappa shape index (κ3) is 5.04. The van der Waals surface area contributed by atoms with Crippen LogP contribution in [0.4, 0.5) is 0 Å². The summed E-state index contributed by atoms with van der Waals surface area (Å²) in [4.78, 5) is 2.66. The number of hydrogen-bond donors (Lipinski definition) is 0. The first kappa shape index (κ1) is 34.4. The molecule has 1 spiro atoms. The van der Waals surface area contributed by atoms with Crippen LogP contribution in [0.1, 0.15) is 47.6 Å². The molecule has 2 heteroatoms. The largest absolute Gasteiger partial charge is 0.362 e. The van der Waals surface area contributed by atoms with Crippen molar-refractivity contribution < 1.29 is 0 Å². The van der Waals surface area contributed by atoms with Gasteiger partial charge in [0, 0.05) is 22.2 Å². The Kier molecular flexibility index (Phi) is 8.08. The molecule has 0 amide bonds. The third-order valence-corrected chi connectivity index (χ3v) is 13.0. The summed E-state index contributed by atoms with van der Waals surface area (Å²) in [7, 11) is 0. The number of hydrogen-bond acceptors (Lipinski definition) is 1. The van der Waals surface area contributed by atoms with Crippen LogP contribution in [0, 0.1) is 0 Å². The van der Waals surface area contributed by atoms with Gasteiger partial charge >= 0.3 is 0 Å². The zero-order valence-corrected chi connectivity index (χ0v) is 32.7. The lowest BCUT2D eigenvalue weighted by Crippen LogP contribution is -2.41. The summed E-state index contributed by atoms with van der Waals surface area (Å²) in [5.74, 6) is 0. The first-order valence-corrected chi connectivity index (χ1v) is 20.6. The van der Waals surface area contributed by atoms with Crippen molar-refractivity contribution in [3.8, 4) is 16.8 Å². The maximum atomic E-state index is 4.17. The Morgan fingerprint density at radius 3 is 1.95 bits per heavy atom. The number of nitrogens with zero attached hydrogens (tertiary/aromatic N) is 2. The standard InChI is InChI=1S/C56H44N2/c1-3-18-39(40-19-17-22-42(36-40)58-54-31-15-10-26-47(54)48-27-11-16-32-55(48)58)35-38(2)57(41-20-5-4-6-21-41)43-33-34-53-49(37-43)46-25-9-14-30-52(46)56(53)50-28-12-7-23-44(50)45-24-8-13-29-51(45)56/h3-20,22-36,41,43H,1,21,37H2,2H3/b38-35+,39-18+. The highest BCUT2D eigenvalue weighted by Gasteiger charge is 2.53. The van der Waals surface area contributed by atoms with Crippen LogP contribution in [-0.2, 0) is 5.41 Å². The number of para-hydroxylation sites is 2. The fourth-order valence-corrected chi connectivity index (χ4v) is 10.7. The van der Waals surface area contributed by atoms with Crippen LogP contribution in [0.15, 0.2) is 218 Å². The van der Waals surface area contributed by atoms with Gasteiger partial charge in [0.1, 0.15) is 0 Å². The second-order valence-electron chi connectivity index (χ2n) is 16.0. The van der Waals surface area contributed by atoms with E-state index in [-0.39, 0.29) is 17.5 Å². The number of fused-ring (bicyclic) bond motifs is 12. The molecule has 7 aromatic rings. The highest BCUT2D eigenvalue weighted by Crippen LogP contribution is 2.63. The van der Waals surface area contributed by atoms with E-state index >= 15 is 0 Å². The Morgan fingerprint density at radius 2 is 1.29 bits per heavy atom. The van der Waals surface area contributed by atoms with Crippen LogP contribution >= 0.6 is 0 Å². The van der Waals surface area contributed by atoms with E-state index in [9.17, 15) is 0 Å². The molecule has 0 bridgehead atoms. The zero-order chi connectivity index (χ0) is 38.8. The molecule has 278 valence electrons. The minimum absolute atomic E-state index is 0.167. The SMILES string of the molecule is C=C/C=C(\C=C(/C)N(C1C=CC=CC1)C1C=CC2=C(C1)c1ccccc1C21c2ccccc2-c2ccccc21)c1cccc(-n2c3ccccc3c3ccccc32)c1. The highest BCUT2D eigenvalue weighted by molar-refractivity contribution is 6.09. The van der Waals surface area contributed by atoms with E-state index in [0.717, 1.165) is 29.7 Å². The lowest BCUT2D eigenvalue weighted by Gasteiger charge is -2.41. The van der Waals surface area contributed by atoms with E-state index in [1.54, 1.807) is 0 Å². The monoisotopic (exact) mass is 744 g/mol. The van der Waals surface area contributed by atoms with Gasteiger partial charge in [0.25, 0.3) is 0 Å². The van der Waals surface area contributed by atoms with Crippen LogP contribution in [0.3, 0.4) is 0 Å². The molecule has 6 aromatic carbocycles. The highest BCUT2D eigenvalue weighted by atomic mass is 15.2. The predicted molar refractivity (Wildman–Crippen MR) is 244 cm³/mol. The normalized spacial score (nSPS) is 18.8. The first-order valence-electron chi connectivity index (χ1n) is 20.6. The molecule has 2 atom stereocenters. The van der Waals surface area contributed by atoms with Gasteiger partial charge in [-0.15, -0.1) is 0 Å². The fourth-order valence-electron chi connectivity index (χ4n) is 10.7. The van der Waals surface area contributed by atoms with Crippen molar-refractivity contribution >= 4 is 33.0 Å². The molecule has 0 saturated carbocycles. The van der Waals surface area contributed by atoms with Crippen LogP contribution < -0.4 is 0 Å². The molecule has 4 aliphatic carbocycles. The van der Waals surface area contributed by atoms with Crippen LogP contribution in [-0.4, -0.2) is 21.6 Å². The summed E-state index contributed by atoms with van der Waals surface area (Å²) in [6.07, 6.45) is 22.4. The Hall–Kier alpha value is -6.90. The van der Waals surface area contributed by atoms with Crippen molar-refractivity contribution in [2.24, 2.45) is 0 Å². The number of rotatable bonds is 7. The first-order chi connectivity index (χ1) is 28.7. The Balaban J connectivity index is 1.01. The van der Waals surface area contributed by atoms with E-state index in [0.29, 0.717) is 0 Å². The fraction of sp³-hybridized carbons (Fsp3) is 0.107. The van der Waals surface area contributed by atoms with E-state index in [1.165, 1.54) is 72.0 Å². The molecular weight excluding hydrogens is 701 g/mol. The summed E-state index contributed by atoms with van der Waals surface area (Å²) in [5.41, 5.74) is 17.9. The molecule has 0 N–H and O–H groups in total. The van der Waals surface area contributed by atoms with Gasteiger partial charge in [-0.25, -0.2) is 0 Å². The van der Waals surface area contributed by atoms with Crippen molar-refractivity contribution in [2.75, 3.05) is 0 Å². The quantitative estimate of drug-likeness (QED) is 0.148. The summed E-state index contributed by atoms with van der Waals surface area (Å²) in [6.45, 7) is 6.47. The number of aromatic nitrogens is 1. The molecule has 0 aliphatic heterocycles. The Bertz CT molecular complexity index is 2910. The Labute approximate surface area is 341 Å². The van der Waals surface area contributed by atoms with E-state index in [2.05, 4.69) is 217 Å². The molecule has 0 radical (unpaired) electrons. The van der Waals surface area contributed by atoms with E-state index in [4.69, 9.17) is 0 Å². The second kappa shape index (κ2) is 13.6. The minimum Gasteiger partial charge on any atom is -0.362 e. The van der Waals surface area contributed by atoms with Crippen LogP contribution in [0.5, 0.6) is 0 Å². The maximum Gasteiger partial charge on any atom is 0.0722 e. The van der Waals surface area contributed by atoms with E-state index in [1.807, 2.05) is 6.08 Å². The van der Waals surface area contributed by atoms with Gasteiger partial charge in [0.05, 0.1) is 28.5 Å². The van der Waals surface area contributed by atoms with Crippen LogP contribution in [0.2, 0.25) is 0 Å². The van der Waals surface area contributed by atoms with Gasteiger partial charge in [-0.1, -0.05) is 177 Å². The molecule has 0 fully saturated rings. The average Bonchev–Trinajstić information content (AvgIpc) is 3.89. The molecule has 2 unspecified atom stereocenters. The van der Waals surface area contributed by atoms with Crippen molar-refractivity contribution in [2.45, 2.75) is 37.3 Å².